The molecule has 1 saturated heterocycles. The van der Waals surface area contributed by atoms with Crippen LogP contribution in [0.1, 0.15) is 32.6 Å². The standard InChI is InChI=1S/C17H29N5.HI/c1-15-8-13-22(14-9-15)17(18-2)21-12-6-5-11-20-16-7-3-4-10-19-16;/h3-4,7,10,15H,5-6,8-9,11-14H2,1-2H3,(H,18,21)(H,19,20);1H. The third-order valence-electron chi connectivity index (χ3n) is 4.15. The van der Waals surface area contributed by atoms with E-state index in [1.54, 1.807) is 0 Å². The molecule has 1 aliphatic rings. The molecular formula is C17H30IN5. The summed E-state index contributed by atoms with van der Waals surface area (Å²) in [6, 6.07) is 5.93. The van der Waals surface area contributed by atoms with Crippen LogP contribution in [0.15, 0.2) is 29.4 Å². The van der Waals surface area contributed by atoms with E-state index in [1.165, 1.54) is 12.8 Å². The predicted molar refractivity (Wildman–Crippen MR) is 109 cm³/mol. The van der Waals surface area contributed by atoms with Crippen LogP contribution >= 0.6 is 24.0 Å². The quantitative estimate of drug-likeness (QED) is 0.315. The van der Waals surface area contributed by atoms with Gasteiger partial charge in [-0.1, -0.05) is 13.0 Å². The molecule has 0 bridgehead atoms. The molecule has 130 valence electrons. The van der Waals surface area contributed by atoms with Gasteiger partial charge in [0.25, 0.3) is 0 Å². The number of piperidine rings is 1. The number of nitrogens with zero attached hydrogens (tertiary/aromatic N) is 3. The van der Waals surface area contributed by atoms with Gasteiger partial charge in [-0.05, 0) is 43.7 Å². The minimum Gasteiger partial charge on any atom is -0.370 e. The van der Waals surface area contributed by atoms with Gasteiger partial charge in [0.15, 0.2) is 5.96 Å². The second kappa shape index (κ2) is 11.5. The molecule has 2 rings (SSSR count). The molecule has 5 nitrogen and oxygen atoms in total. The van der Waals surface area contributed by atoms with Gasteiger partial charge in [0.2, 0.25) is 0 Å². The van der Waals surface area contributed by atoms with Gasteiger partial charge >= 0.3 is 0 Å². The Labute approximate surface area is 157 Å². The van der Waals surface area contributed by atoms with Crippen molar-refractivity contribution in [3.63, 3.8) is 0 Å². The molecule has 23 heavy (non-hydrogen) atoms. The zero-order chi connectivity index (χ0) is 15.6. The number of aromatic nitrogens is 1. The normalized spacial score (nSPS) is 15.9. The largest absolute Gasteiger partial charge is 0.370 e. The molecule has 0 atom stereocenters. The average Bonchev–Trinajstić information content (AvgIpc) is 2.56. The third-order valence-corrected chi connectivity index (χ3v) is 4.15. The fraction of sp³-hybridized carbons (Fsp3) is 0.647. The highest BCUT2D eigenvalue weighted by molar-refractivity contribution is 14.0. The van der Waals surface area contributed by atoms with E-state index in [1.807, 2.05) is 31.4 Å². The molecule has 1 aromatic heterocycles. The Balaban J connectivity index is 0.00000264. The first-order valence-electron chi connectivity index (χ1n) is 8.40. The van der Waals surface area contributed by atoms with Gasteiger partial charge in [0.05, 0.1) is 0 Å². The monoisotopic (exact) mass is 431 g/mol. The van der Waals surface area contributed by atoms with Gasteiger partial charge < -0.3 is 15.5 Å². The average molecular weight is 431 g/mol. The summed E-state index contributed by atoms with van der Waals surface area (Å²) in [6.45, 7) is 6.52. The van der Waals surface area contributed by atoms with Crippen molar-refractivity contribution in [3.05, 3.63) is 24.4 Å². The molecule has 0 unspecified atom stereocenters. The van der Waals surface area contributed by atoms with Crippen molar-refractivity contribution >= 4 is 35.8 Å². The number of unbranched alkanes of at least 4 members (excludes halogenated alkanes) is 1. The Bertz CT molecular complexity index is 444. The highest BCUT2D eigenvalue weighted by Gasteiger charge is 2.17. The molecule has 0 aromatic carbocycles. The molecule has 0 amide bonds. The Kier molecular flexibility index (Phi) is 9.98. The van der Waals surface area contributed by atoms with Crippen molar-refractivity contribution in [3.8, 4) is 0 Å². The molecular weight excluding hydrogens is 401 g/mol. The third kappa shape index (κ3) is 7.37. The van der Waals surface area contributed by atoms with Crippen LogP contribution in [-0.2, 0) is 0 Å². The van der Waals surface area contributed by atoms with E-state index in [0.717, 1.165) is 56.7 Å². The van der Waals surface area contributed by atoms with E-state index < -0.39 is 0 Å². The van der Waals surface area contributed by atoms with Crippen LogP contribution in [0.25, 0.3) is 0 Å². The summed E-state index contributed by atoms with van der Waals surface area (Å²) in [5, 5.41) is 6.82. The van der Waals surface area contributed by atoms with Gasteiger partial charge in [0, 0.05) is 39.4 Å². The molecule has 6 heteroatoms. The Morgan fingerprint density at radius 1 is 1.26 bits per heavy atom. The summed E-state index contributed by atoms with van der Waals surface area (Å²) >= 11 is 0. The van der Waals surface area contributed by atoms with E-state index in [9.17, 15) is 0 Å². The fourth-order valence-corrected chi connectivity index (χ4v) is 2.69. The summed E-state index contributed by atoms with van der Waals surface area (Å²) in [5.74, 6) is 2.87. The lowest BCUT2D eigenvalue weighted by Gasteiger charge is -2.32. The number of aliphatic imine (C=N–C) groups is 1. The van der Waals surface area contributed by atoms with Crippen molar-refractivity contribution < 1.29 is 0 Å². The number of likely N-dealkylation sites (tertiary alicyclic amines) is 1. The summed E-state index contributed by atoms with van der Waals surface area (Å²) < 4.78 is 0. The Morgan fingerprint density at radius 3 is 2.65 bits per heavy atom. The van der Waals surface area contributed by atoms with Crippen molar-refractivity contribution in [2.45, 2.75) is 32.6 Å². The van der Waals surface area contributed by atoms with Crippen LogP contribution in [-0.4, -0.2) is 49.1 Å². The highest BCUT2D eigenvalue weighted by atomic mass is 127. The lowest BCUT2D eigenvalue weighted by Crippen LogP contribution is -2.45. The molecule has 0 aliphatic carbocycles. The second-order valence-corrected chi connectivity index (χ2v) is 5.99. The number of hydrogen-bond donors (Lipinski definition) is 2. The number of guanidine groups is 1. The molecule has 0 saturated carbocycles. The van der Waals surface area contributed by atoms with E-state index in [0.29, 0.717) is 0 Å². The van der Waals surface area contributed by atoms with Gasteiger partial charge in [-0.15, -0.1) is 24.0 Å². The summed E-state index contributed by atoms with van der Waals surface area (Å²) in [6.07, 6.45) is 6.61. The van der Waals surface area contributed by atoms with Crippen LogP contribution < -0.4 is 10.6 Å². The maximum atomic E-state index is 4.41. The van der Waals surface area contributed by atoms with Crippen molar-refractivity contribution in [1.29, 1.82) is 0 Å². The van der Waals surface area contributed by atoms with Crippen LogP contribution in [0.3, 0.4) is 0 Å². The number of halogens is 1. The summed E-state index contributed by atoms with van der Waals surface area (Å²) in [4.78, 5) is 11.0. The zero-order valence-electron chi connectivity index (χ0n) is 14.3. The first kappa shape index (κ1) is 20.0. The molecule has 0 spiro atoms. The number of anilines is 1. The first-order chi connectivity index (χ1) is 10.8. The zero-order valence-corrected chi connectivity index (χ0v) is 16.6. The van der Waals surface area contributed by atoms with Crippen molar-refractivity contribution in [2.75, 3.05) is 38.5 Å². The fourth-order valence-electron chi connectivity index (χ4n) is 2.69. The summed E-state index contributed by atoms with van der Waals surface area (Å²) in [5.41, 5.74) is 0. The van der Waals surface area contributed by atoms with Gasteiger partial charge in [-0.25, -0.2) is 4.98 Å². The SMILES string of the molecule is CN=C(NCCCCNc1ccccn1)N1CCC(C)CC1.I. The van der Waals surface area contributed by atoms with Crippen molar-refractivity contribution in [2.24, 2.45) is 10.9 Å². The lowest BCUT2D eigenvalue weighted by molar-refractivity contribution is 0.273. The smallest absolute Gasteiger partial charge is 0.193 e. The van der Waals surface area contributed by atoms with Crippen LogP contribution in [0.2, 0.25) is 0 Å². The van der Waals surface area contributed by atoms with E-state index >= 15 is 0 Å². The first-order valence-corrected chi connectivity index (χ1v) is 8.40. The van der Waals surface area contributed by atoms with Crippen LogP contribution in [0, 0.1) is 5.92 Å². The van der Waals surface area contributed by atoms with E-state index in [-0.39, 0.29) is 24.0 Å². The Hall–Kier alpha value is -1.05. The minimum atomic E-state index is 0. The number of pyridine rings is 1. The molecule has 1 fully saturated rings. The maximum absolute atomic E-state index is 4.41. The van der Waals surface area contributed by atoms with Gasteiger partial charge in [-0.2, -0.15) is 0 Å². The molecule has 1 aromatic rings. The van der Waals surface area contributed by atoms with Crippen LogP contribution in [0.4, 0.5) is 5.82 Å². The molecule has 2 heterocycles. The summed E-state index contributed by atoms with van der Waals surface area (Å²) in [7, 11) is 1.88. The number of hydrogen-bond acceptors (Lipinski definition) is 3. The molecule has 2 N–H and O–H groups in total. The number of rotatable bonds is 6. The minimum absolute atomic E-state index is 0. The molecule has 1 aliphatic heterocycles. The maximum Gasteiger partial charge on any atom is 0.193 e. The van der Waals surface area contributed by atoms with E-state index in [2.05, 4.69) is 32.4 Å². The Morgan fingerprint density at radius 2 is 2.00 bits per heavy atom. The topological polar surface area (TPSA) is 52.6 Å². The predicted octanol–water partition coefficient (Wildman–Crippen LogP) is 3.20. The lowest BCUT2D eigenvalue weighted by atomic mass is 10.00. The second-order valence-electron chi connectivity index (χ2n) is 5.99. The highest BCUT2D eigenvalue weighted by Crippen LogP contribution is 2.15. The number of nitrogens with one attached hydrogen (secondary N) is 2. The van der Waals surface area contributed by atoms with Crippen molar-refractivity contribution in [1.82, 2.24) is 15.2 Å². The van der Waals surface area contributed by atoms with Crippen LogP contribution in [0.5, 0.6) is 0 Å². The van der Waals surface area contributed by atoms with E-state index in [4.69, 9.17) is 0 Å². The van der Waals surface area contributed by atoms with Gasteiger partial charge in [0.1, 0.15) is 5.82 Å². The van der Waals surface area contributed by atoms with Gasteiger partial charge in [-0.3, -0.25) is 4.99 Å². The molecule has 0 radical (unpaired) electrons.